The molecule has 0 bridgehead atoms. The summed E-state index contributed by atoms with van der Waals surface area (Å²) in [6, 6.07) is 3.64. The van der Waals surface area contributed by atoms with Crippen LogP contribution in [0.5, 0.6) is 0 Å². The van der Waals surface area contributed by atoms with Crippen LogP contribution < -0.4 is 0 Å². The van der Waals surface area contributed by atoms with Crippen LogP contribution in [0.4, 0.5) is 0 Å². The average Bonchev–Trinajstić information content (AvgIpc) is 2.54. The molecule has 0 fully saturated rings. The quantitative estimate of drug-likeness (QED) is 0.831. The lowest BCUT2D eigenvalue weighted by Crippen LogP contribution is -2.53. The van der Waals surface area contributed by atoms with Crippen molar-refractivity contribution in [3.8, 4) is 0 Å². The summed E-state index contributed by atoms with van der Waals surface area (Å²) in [6.07, 6.45) is 2.31. The second-order valence-electron chi connectivity index (χ2n) is 8.19. The molecular weight excluding hydrogens is 304 g/mol. The number of rotatable bonds is 1. The molecule has 0 saturated carbocycles. The predicted molar refractivity (Wildman–Crippen MR) is 91.7 cm³/mol. The van der Waals surface area contributed by atoms with Gasteiger partial charge >= 0.3 is 0 Å². The van der Waals surface area contributed by atoms with Crippen molar-refractivity contribution in [2.75, 3.05) is 0 Å². The van der Waals surface area contributed by atoms with Gasteiger partial charge in [-0.15, -0.1) is 0 Å². The van der Waals surface area contributed by atoms with Crippen LogP contribution in [-0.4, -0.2) is 27.4 Å². The van der Waals surface area contributed by atoms with Crippen molar-refractivity contribution in [1.29, 1.82) is 0 Å². The van der Waals surface area contributed by atoms with E-state index in [-0.39, 0.29) is 17.8 Å². The number of carbonyl (C=O) groups is 2. The molecule has 1 atom stereocenters. The lowest BCUT2D eigenvalue weighted by Gasteiger charge is -2.45. The van der Waals surface area contributed by atoms with Crippen molar-refractivity contribution in [1.82, 2.24) is 0 Å². The van der Waals surface area contributed by atoms with E-state index in [4.69, 9.17) is 0 Å². The summed E-state index contributed by atoms with van der Waals surface area (Å²) in [4.78, 5) is 26.0. The largest absolute Gasteiger partial charge is 0.386 e. The van der Waals surface area contributed by atoms with Crippen molar-refractivity contribution in [3.63, 3.8) is 0 Å². The molecule has 2 aliphatic carbocycles. The third-order valence-corrected chi connectivity index (χ3v) is 5.58. The molecular formula is C20H24O4. The van der Waals surface area contributed by atoms with E-state index in [1.165, 1.54) is 13.8 Å². The van der Waals surface area contributed by atoms with Gasteiger partial charge in [-0.1, -0.05) is 26.0 Å². The number of aliphatic hydroxyl groups is 2. The molecule has 2 N–H and O–H groups in total. The van der Waals surface area contributed by atoms with Gasteiger partial charge in [-0.25, -0.2) is 0 Å². The van der Waals surface area contributed by atoms with E-state index in [1.54, 1.807) is 6.08 Å². The number of aryl methyl sites for hydroxylation is 1. The summed E-state index contributed by atoms with van der Waals surface area (Å²) >= 11 is 0. The summed E-state index contributed by atoms with van der Waals surface area (Å²) in [6.45, 7) is 8.52. The lowest BCUT2D eigenvalue weighted by atomic mass is 9.61. The van der Waals surface area contributed by atoms with Gasteiger partial charge in [-0.2, -0.15) is 0 Å². The first-order valence-corrected chi connectivity index (χ1v) is 8.30. The Morgan fingerprint density at radius 2 is 1.79 bits per heavy atom. The van der Waals surface area contributed by atoms with E-state index >= 15 is 0 Å². The molecule has 128 valence electrons. The number of hydrogen-bond donors (Lipinski definition) is 2. The van der Waals surface area contributed by atoms with Gasteiger partial charge in [-0.05, 0) is 44.4 Å². The van der Waals surface area contributed by atoms with E-state index in [9.17, 15) is 19.8 Å². The normalized spacial score (nSPS) is 25.9. The highest BCUT2D eigenvalue weighted by atomic mass is 16.3. The van der Waals surface area contributed by atoms with Crippen LogP contribution in [0.25, 0.3) is 6.08 Å². The first-order chi connectivity index (χ1) is 10.9. The summed E-state index contributed by atoms with van der Waals surface area (Å²) in [5, 5.41) is 22.1. The number of hydrogen-bond acceptors (Lipinski definition) is 4. The summed E-state index contributed by atoms with van der Waals surface area (Å²) in [5.74, 6) is -0.546. The maximum absolute atomic E-state index is 13.3. The number of Topliss-reactive ketones (excluding diaryl/α,β-unsaturated/α-hetero) is 2. The fourth-order valence-electron chi connectivity index (χ4n) is 3.95. The second kappa shape index (κ2) is 4.87. The topological polar surface area (TPSA) is 74.6 Å². The highest BCUT2D eigenvalue weighted by Gasteiger charge is 2.58. The van der Waals surface area contributed by atoms with Crippen molar-refractivity contribution >= 4 is 17.6 Å². The molecule has 1 aromatic rings. The lowest BCUT2D eigenvalue weighted by molar-refractivity contribution is -0.152. The van der Waals surface area contributed by atoms with Gasteiger partial charge in [-0.3, -0.25) is 9.59 Å². The molecule has 24 heavy (non-hydrogen) atoms. The molecule has 0 aliphatic heterocycles. The monoisotopic (exact) mass is 328 g/mol. The Bertz CT molecular complexity index is 793. The fraction of sp³-hybridized carbons (Fsp3) is 0.500. The highest BCUT2D eigenvalue weighted by Crippen LogP contribution is 2.53. The summed E-state index contributed by atoms with van der Waals surface area (Å²) in [7, 11) is 0. The molecule has 0 saturated heterocycles. The number of carbonyl (C=O) groups excluding carboxylic acids is 2. The molecule has 0 amide bonds. The zero-order chi connectivity index (χ0) is 18.1. The van der Waals surface area contributed by atoms with Crippen LogP contribution in [-0.2, 0) is 10.4 Å². The third-order valence-electron chi connectivity index (χ3n) is 5.58. The van der Waals surface area contributed by atoms with Gasteiger partial charge < -0.3 is 10.2 Å². The Balaban J connectivity index is 2.48. The van der Waals surface area contributed by atoms with Crippen LogP contribution in [0, 0.1) is 12.3 Å². The van der Waals surface area contributed by atoms with Gasteiger partial charge in [0.15, 0.2) is 17.2 Å². The minimum Gasteiger partial charge on any atom is -0.386 e. The average molecular weight is 328 g/mol. The van der Waals surface area contributed by atoms with Crippen LogP contribution in [0.2, 0.25) is 0 Å². The van der Waals surface area contributed by atoms with E-state index in [2.05, 4.69) is 0 Å². The Kier molecular flexibility index (Phi) is 3.46. The maximum atomic E-state index is 13.3. The summed E-state index contributed by atoms with van der Waals surface area (Å²) in [5.41, 5.74) is -1.57. The van der Waals surface area contributed by atoms with Gasteiger partial charge in [0.1, 0.15) is 0 Å². The second-order valence-corrected chi connectivity index (χ2v) is 8.19. The van der Waals surface area contributed by atoms with Gasteiger partial charge in [0, 0.05) is 28.5 Å². The van der Waals surface area contributed by atoms with Crippen molar-refractivity contribution in [2.24, 2.45) is 5.41 Å². The molecule has 0 spiro atoms. The minimum atomic E-state index is -1.82. The fourth-order valence-corrected chi connectivity index (χ4v) is 3.95. The smallest absolute Gasteiger partial charge is 0.198 e. The Labute approximate surface area is 142 Å². The van der Waals surface area contributed by atoms with Crippen molar-refractivity contribution in [2.45, 2.75) is 58.7 Å². The first-order valence-electron chi connectivity index (χ1n) is 8.30. The molecule has 4 heteroatoms. The molecule has 4 nitrogen and oxygen atoms in total. The maximum Gasteiger partial charge on any atom is 0.198 e. The Hall–Kier alpha value is -1.78. The van der Waals surface area contributed by atoms with E-state index in [1.807, 2.05) is 32.9 Å². The zero-order valence-corrected chi connectivity index (χ0v) is 14.9. The van der Waals surface area contributed by atoms with Crippen molar-refractivity contribution in [3.05, 3.63) is 40.0 Å². The number of benzene rings is 1. The van der Waals surface area contributed by atoms with E-state index in [0.29, 0.717) is 23.1 Å². The van der Waals surface area contributed by atoms with Gasteiger partial charge in [0.25, 0.3) is 0 Å². The first kappa shape index (κ1) is 17.1. The summed E-state index contributed by atoms with van der Waals surface area (Å²) < 4.78 is 0. The third kappa shape index (κ3) is 2.06. The van der Waals surface area contributed by atoms with Crippen LogP contribution in [0.15, 0.2) is 17.7 Å². The minimum absolute atomic E-state index is 0.0405. The van der Waals surface area contributed by atoms with E-state index < -0.39 is 22.4 Å². The molecule has 0 aromatic heterocycles. The highest BCUT2D eigenvalue weighted by molar-refractivity contribution is 6.14. The molecule has 0 radical (unpaired) electrons. The van der Waals surface area contributed by atoms with Crippen LogP contribution in [0.1, 0.15) is 67.6 Å². The molecule has 3 rings (SSSR count). The van der Waals surface area contributed by atoms with E-state index in [0.717, 1.165) is 5.56 Å². The molecule has 0 heterocycles. The standard InChI is InChI=1S/C20H24O4/c1-11-6-7-12-10-13(19(4,5)23)17(22)20(24)16(12)15(11)14(21)8-9-18(20,2)3/h6-7,10,23-24H,8-9H2,1-5H3. The van der Waals surface area contributed by atoms with Gasteiger partial charge in [0.05, 0.1) is 5.60 Å². The predicted octanol–water partition coefficient (Wildman–Crippen LogP) is 2.92. The molecule has 2 aliphatic rings. The van der Waals surface area contributed by atoms with Crippen molar-refractivity contribution < 1.29 is 19.8 Å². The Morgan fingerprint density at radius 3 is 2.38 bits per heavy atom. The van der Waals surface area contributed by atoms with Crippen LogP contribution >= 0.6 is 0 Å². The SMILES string of the molecule is Cc1ccc2c3c1C(=O)CCC(C)(C)C3(O)C(=O)C(C(C)(C)O)=C2. The molecule has 1 unspecified atom stereocenters. The van der Waals surface area contributed by atoms with Crippen LogP contribution in [0.3, 0.4) is 0 Å². The molecule has 1 aromatic carbocycles. The number of ketones is 2. The van der Waals surface area contributed by atoms with Gasteiger partial charge in [0.2, 0.25) is 0 Å². The zero-order valence-electron chi connectivity index (χ0n) is 14.9. The Morgan fingerprint density at radius 1 is 1.17 bits per heavy atom.